The fourth-order valence-corrected chi connectivity index (χ4v) is 1.88. The van der Waals surface area contributed by atoms with Crippen LogP contribution in [0.2, 0.25) is 0 Å². The van der Waals surface area contributed by atoms with Crippen molar-refractivity contribution in [2.75, 3.05) is 0 Å². The lowest BCUT2D eigenvalue weighted by Gasteiger charge is -2.16. The molecule has 0 aliphatic rings. The molecule has 1 aromatic carbocycles. The first-order chi connectivity index (χ1) is 9.66. The first-order valence-electron chi connectivity index (χ1n) is 6.79. The summed E-state index contributed by atoms with van der Waals surface area (Å²) in [6, 6.07) is 2.58. The molecule has 0 saturated carbocycles. The van der Waals surface area contributed by atoms with E-state index < -0.39 is 17.8 Å². The van der Waals surface area contributed by atoms with Crippen LogP contribution in [0, 0.1) is 11.8 Å². The second-order valence-corrected chi connectivity index (χ2v) is 5.46. The molecule has 0 fully saturated rings. The van der Waals surface area contributed by atoms with Gasteiger partial charge in [-0.25, -0.2) is 0 Å². The zero-order valence-corrected chi connectivity index (χ0v) is 12.9. The van der Waals surface area contributed by atoms with Gasteiger partial charge in [0, 0.05) is 18.8 Å². The summed E-state index contributed by atoms with van der Waals surface area (Å²) in [5.74, 6) is -2.41. The largest absolute Gasteiger partial charge is 0.507 e. The Hall–Kier alpha value is -2.17. The standard InChI is InChI=1S/C16H20O5/c1-8(2)15(19)13-11(18)6-7-12(21-10(5)17)14(13)16(20)9(3)4/h6-9,18H,1-5H3. The van der Waals surface area contributed by atoms with Crippen LogP contribution in [0.3, 0.4) is 0 Å². The van der Waals surface area contributed by atoms with Crippen molar-refractivity contribution in [1.29, 1.82) is 0 Å². The van der Waals surface area contributed by atoms with E-state index in [0.29, 0.717) is 0 Å². The highest BCUT2D eigenvalue weighted by Gasteiger charge is 2.28. The number of Topliss-reactive ketones (excluding diaryl/α,β-unsaturated/α-hetero) is 2. The Labute approximate surface area is 123 Å². The van der Waals surface area contributed by atoms with Gasteiger partial charge in [0.1, 0.15) is 11.5 Å². The maximum absolute atomic E-state index is 12.4. The molecule has 0 spiro atoms. The molecule has 0 aromatic heterocycles. The third-order valence-electron chi connectivity index (χ3n) is 2.94. The van der Waals surface area contributed by atoms with Gasteiger partial charge in [0.2, 0.25) is 0 Å². The molecule has 0 atom stereocenters. The van der Waals surface area contributed by atoms with Crippen LogP contribution in [-0.4, -0.2) is 22.6 Å². The van der Waals surface area contributed by atoms with Crippen LogP contribution in [0.15, 0.2) is 12.1 Å². The molecule has 0 bridgehead atoms. The van der Waals surface area contributed by atoms with Gasteiger partial charge in [0.05, 0.1) is 11.1 Å². The lowest BCUT2D eigenvalue weighted by molar-refractivity contribution is -0.131. The van der Waals surface area contributed by atoms with E-state index in [-0.39, 0.29) is 34.2 Å². The van der Waals surface area contributed by atoms with Gasteiger partial charge >= 0.3 is 5.97 Å². The van der Waals surface area contributed by atoms with E-state index in [1.807, 2.05) is 0 Å². The minimum absolute atomic E-state index is 0.00278. The fourth-order valence-electron chi connectivity index (χ4n) is 1.88. The number of phenols is 1. The number of hydrogen-bond acceptors (Lipinski definition) is 5. The highest BCUT2D eigenvalue weighted by atomic mass is 16.5. The molecule has 114 valence electrons. The van der Waals surface area contributed by atoms with Crippen molar-refractivity contribution in [2.24, 2.45) is 11.8 Å². The first-order valence-corrected chi connectivity index (χ1v) is 6.79. The predicted molar refractivity (Wildman–Crippen MR) is 77.8 cm³/mol. The molecule has 0 aliphatic carbocycles. The van der Waals surface area contributed by atoms with E-state index in [9.17, 15) is 19.5 Å². The van der Waals surface area contributed by atoms with Crippen molar-refractivity contribution in [2.45, 2.75) is 34.6 Å². The zero-order valence-electron chi connectivity index (χ0n) is 12.9. The van der Waals surface area contributed by atoms with Crippen LogP contribution >= 0.6 is 0 Å². The van der Waals surface area contributed by atoms with Crippen molar-refractivity contribution in [3.8, 4) is 11.5 Å². The molecular weight excluding hydrogens is 272 g/mol. The minimum Gasteiger partial charge on any atom is -0.507 e. The molecule has 0 heterocycles. The quantitative estimate of drug-likeness (QED) is 0.512. The summed E-state index contributed by atoms with van der Waals surface area (Å²) in [5, 5.41) is 9.99. The number of aromatic hydroxyl groups is 1. The zero-order chi connectivity index (χ0) is 16.3. The third-order valence-corrected chi connectivity index (χ3v) is 2.94. The molecule has 1 rings (SSSR count). The van der Waals surface area contributed by atoms with E-state index in [2.05, 4.69) is 0 Å². The van der Waals surface area contributed by atoms with Crippen molar-refractivity contribution < 1.29 is 24.2 Å². The third kappa shape index (κ3) is 3.68. The van der Waals surface area contributed by atoms with Gasteiger partial charge in [-0.2, -0.15) is 0 Å². The molecule has 5 heteroatoms. The van der Waals surface area contributed by atoms with E-state index >= 15 is 0 Å². The van der Waals surface area contributed by atoms with Gasteiger partial charge in [0.25, 0.3) is 0 Å². The smallest absolute Gasteiger partial charge is 0.308 e. The van der Waals surface area contributed by atoms with Crippen molar-refractivity contribution in [1.82, 2.24) is 0 Å². The van der Waals surface area contributed by atoms with E-state index in [0.717, 1.165) is 0 Å². The summed E-state index contributed by atoms with van der Waals surface area (Å²) in [6.07, 6.45) is 0. The summed E-state index contributed by atoms with van der Waals surface area (Å²) in [4.78, 5) is 35.9. The average Bonchev–Trinajstić information content (AvgIpc) is 2.37. The lowest BCUT2D eigenvalue weighted by Crippen LogP contribution is -2.19. The molecular formula is C16H20O5. The molecule has 1 aromatic rings. The second kappa shape index (κ2) is 6.52. The number of phenolic OH excluding ortho intramolecular Hbond substituents is 1. The monoisotopic (exact) mass is 292 g/mol. The SMILES string of the molecule is CC(=O)Oc1ccc(O)c(C(=O)C(C)C)c1C(=O)C(C)C. The maximum atomic E-state index is 12.4. The Morgan fingerprint density at radius 3 is 1.86 bits per heavy atom. The van der Waals surface area contributed by atoms with Crippen LogP contribution < -0.4 is 4.74 Å². The van der Waals surface area contributed by atoms with Crippen LogP contribution in [0.1, 0.15) is 55.3 Å². The molecule has 21 heavy (non-hydrogen) atoms. The van der Waals surface area contributed by atoms with Crippen LogP contribution in [0.25, 0.3) is 0 Å². The molecule has 0 amide bonds. The Bertz CT molecular complexity index is 585. The fraction of sp³-hybridized carbons (Fsp3) is 0.438. The normalized spacial score (nSPS) is 10.8. The van der Waals surface area contributed by atoms with Crippen molar-refractivity contribution in [3.05, 3.63) is 23.3 Å². The molecule has 0 radical (unpaired) electrons. The van der Waals surface area contributed by atoms with Gasteiger partial charge in [0.15, 0.2) is 11.6 Å². The summed E-state index contributed by atoms with van der Waals surface area (Å²) < 4.78 is 5.02. The van der Waals surface area contributed by atoms with E-state index in [1.54, 1.807) is 27.7 Å². The van der Waals surface area contributed by atoms with Crippen molar-refractivity contribution in [3.63, 3.8) is 0 Å². The lowest BCUT2D eigenvalue weighted by atomic mass is 9.89. The summed E-state index contributed by atoms with van der Waals surface area (Å²) in [6.45, 7) is 7.90. The van der Waals surface area contributed by atoms with Crippen LogP contribution in [0.5, 0.6) is 11.5 Å². The second-order valence-electron chi connectivity index (χ2n) is 5.46. The number of ketones is 2. The van der Waals surface area contributed by atoms with Crippen LogP contribution in [-0.2, 0) is 4.79 Å². The number of ether oxygens (including phenoxy) is 1. The van der Waals surface area contributed by atoms with Gasteiger partial charge in [-0.05, 0) is 12.1 Å². The van der Waals surface area contributed by atoms with E-state index in [4.69, 9.17) is 4.74 Å². The Kier molecular flexibility index (Phi) is 5.24. The Morgan fingerprint density at radius 2 is 1.43 bits per heavy atom. The van der Waals surface area contributed by atoms with Gasteiger partial charge in [-0.3, -0.25) is 14.4 Å². The average molecular weight is 292 g/mol. The van der Waals surface area contributed by atoms with Gasteiger partial charge in [-0.15, -0.1) is 0 Å². The minimum atomic E-state index is -0.596. The number of benzene rings is 1. The summed E-state index contributed by atoms with van der Waals surface area (Å²) >= 11 is 0. The number of carbonyl (C=O) groups is 3. The molecule has 0 unspecified atom stereocenters. The molecule has 0 aliphatic heterocycles. The Morgan fingerprint density at radius 1 is 0.952 bits per heavy atom. The molecule has 1 N–H and O–H groups in total. The predicted octanol–water partition coefficient (Wildman–Crippen LogP) is 2.99. The topological polar surface area (TPSA) is 80.7 Å². The first kappa shape index (κ1) is 16.9. The Balaban J connectivity index is 3.63. The summed E-state index contributed by atoms with van der Waals surface area (Å²) in [5.41, 5.74) is -0.110. The molecule has 5 nitrogen and oxygen atoms in total. The number of rotatable bonds is 5. The van der Waals surface area contributed by atoms with Gasteiger partial charge < -0.3 is 9.84 Å². The van der Waals surface area contributed by atoms with E-state index in [1.165, 1.54) is 19.1 Å². The highest BCUT2D eigenvalue weighted by Crippen LogP contribution is 2.33. The maximum Gasteiger partial charge on any atom is 0.308 e. The highest BCUT2D eigenvalue weighted by molar-refractivity contribution is 6.13. The number of esters is 1. The summed E-state index contributed by atoms with van der Waals surface area (Å²) in [7, 11) is 0. The van der Waals surface area contributed by atoms with Crippen LogP contribution in [0.4, 0.5) is 0 Å². The molecule has 0 saturated heterocycles. The van der Waals surface area contributed by atoms with Crippen molar-refractivity contribution >= 4 is 17.5 Å². The number of carbonyl (C=O) groups excluding carboxylic acids is 3. The van der Waals surface area contributed by atoms with Gasteiger partial charge in [-0.1, -0.05) is 27.7 Å². The number of hydrogen-bond donors (Lipinski definition) is 1.